The van der Waals surface area contributed by atoms with Gasteiger partial charge in [0.15, 0.2) is 0 Å². The van der Waals surface area contributed by atoms with Gasteiger partial charge < -0.3 is 15.6 Å². The van der Waals surface area contributed by atoms with Gasteiger partial charge in [-0.3, -0.25) is 4.79 Å². The van der Waals surface area contributed by atoms with Crippen LogP contribution in [0.3, 0.4) is 0 Å². The molecule has 0 aliphatic rings. The van der Waals surface area contributed by atoms with E-state index >= 15 is 0 Å². The number of thiazole rings is 1. The van der Waals surface area contributed by atoms with E-state index in [1.165, 1.54) is 23.1 Å². The number of carboxylic acid groups (broad SMARTS) is 1. The maximum absolute atomic E-state index is 10.7. The van der Waals surface area contributed by atoms with Crippen LogP contribution in [-0.4, -0.2) is 27.7 Å². The van der Waals surface area contributed by atoms with Gasteiger partial charge in [-0.15, -0.1) is 11.3 Å². The molecule has 0 bridgehead atoms. The summed E-state index contributed by atoms with van der Waals surface area (Å²) in [5, 5.41) is 32.4. The molecule has 0 atom stereocenters. The van der Waals surface area contributed by atoms with Crippen LogP contribution in [0, 0.1) is 22.7 Å². The highest BCUT2D eigenvalue weighted by molar-refractivity contribution is 7.98. The van der Waals surface area contributed by atoms with Crippen LogP contribution in [0.5, 0.6) is 5.75 Å². The van der Waals surface area contributed by atoms with Gasteiger partial charge in [-0.05, 0) is 36.2 Å². The molecule has 0 unspecified atom stereocenters. The third-order valence-electron chi connectivity index (χ3n) is 5.36. The van der Waals surface area contributed by atoms with Crippen molar-refractivity contribution in [2.45, 2.75) is 23.6 Å². The maximum Gasteiger partial charge on any atom is 0.303 e. The number of hydrogen-bond donors (Lipinski definition) is 2. The molecule has 2 heterocycles. The summed E-state index contributed by atoms with van der Waals surface area (Å²) < 4.78 is 5.59. The number of nitrogens with zero attached hydrogens (tertiary/aromatic N) is 4. The smallest absolute Gasteiger partial charge is 0.303 e. The topological polar surface area (TPSA) is 146 Å². The molecule has 0 saturated carbocycles. The third-order valence-corrected chi connectivity index (χ3v) is 7.56. The van der Waals surface area contributed by atoms with Crippen molar-refractivity contribution in [2.75, 3.05) is 12.3 Å². The minimum absolute atomic E-state index is 0.0230. The lowest BCUT2D eigenvalue weighted by Gasteiger charge is -2.13. The van der Waals surface area contributed by atoms with Gasteiger partial charge in [0.1, 0.15) is 39.3 Å². The second-order valence-corrected chi connectivity index (χ2v) is 10.2. The molecule has 3 N–H and O–H groups in total. The van der Waals surface area contributed by atoms with Crippen molar-refractivity contribution in [2.24, 2.45) is 0 Å². The molecular formula is C27H20ClN5O3S2. The zero-order valence-electron chi connectivity index (χ0n) is 19.8. The predicted octanol–water partition coefficient (Wildman–Crippen LogP) is 6.39. The molecule has 0 fully saturated rings. The Morgan fingerprint density at radius 2 is 1.74 bits per heavy atom. The number of hydrogen-bond acceptors (Lipinski definition) is 9. The minimum Gasteiger partial charge on any atom is -0.494 e. The zero-order valence-corrected chi connectivity index (χ0v) is 22.2. The van der Waals surface area contributed by atoms with E-state index in [2.05, 4.69) is 22.1 Å². The predicted molar refractivity (Wildman–Crippen MR) is 148 cm³/mol. The lowest BCUT2D eigenvalue weighted by Crippen LogP contribution is -2.04. The van der Waals surface area contributed by atoms with Crippen molar-refractivity contribution < 1.29 is 14.6 Å². The van der Waals surface area contributed by atoms with Gasteiger partial charge in [0.05, 0.1) is 17.9 Å². The molecular weight excluding hydrogens is 542 g/mol. The average Bonchev–Trinajstić information content (AvgIpc) is 3.39. The fourth-order valence-electron chi connectivity index (χ4n) is 3.56. The maximum atomic E-state index is 10.7. The van der Waals surface area contributed by atoms with Crippen LogP contribution < -0.4 is 10.5 Å². The summed E-state index contributed by atoms with van der Waals surface area (Å²) in [5.41, 5.74) is 9.32. The van der Waals surface area contributed by atoms with E-state index in [4.69, 9.17) is 27.2 Å². The highest BCUT2D eigenvalue weighted by Gasteiger charge is 2.21. The van der Waals surface area contributed by atoms with Crippen LogP contribution in [0.15, 0.2) is 58.9 Å². The summed E-state index contributed by atoms with van der Waals surface area (Å²) in [6, 6.07) is 18.6. The first-order valence-electron chi connectivity index (χ1n) is 11.3. The Bertz CT molecular complexity index is 1540. The van der Waals surface area contributed by atoms with E-state index in [0.717, 1.165) is 16.3 Å². The molecule has 0 saturated heterocycles. The molecule has 0 aliphatic carbocycles. The number of ether oxygens (including phenoxy) is 1. The summed E-state index contributed by atoms with van der Waals surface area (Å²) in [5.74, 6) is 0.170. The van der Waals surface area contributed by atoms with E-state index < -0.39 is 5.97 Å². The molecule has 2 aromatic heterocycles. The lowest BCUT2D eigenvalue weighted by atomic mass is 9.97. The van der Waals surface area contributed by atoms with E-state index in [1.807, 2.05) is 29.6 Å². The fourth-order valence-corrected chi connectivity index (χ4v) is 5.51. The van der Waals surface area contributed by atoms with Crippen molar-refractivity contribution in [3.05, 3.63) is 75.8 Å². The van der Waals surface area contributed by atoms with E-state index in [9.17, 15) is 15.3 Å². The summed E-state index contributed by atoms with van der Waals surface area (Å²) in [4.78, 5) is 19.7. The monoisotopic (exact) mass is 561 g/mol. The van der Waals surface area contributed by atoms with Gasteiger partial charge in [-0.25, -0.2) is 9.97 Å². The van der Waals surface area contributed by atoms with E-state index in [0.29, 0.717) is 39.1 Å². The Kier molecular flexibility index (Phi) is 8.82. The second-order valence-electron chi connectivity index (χ2n) is 7.96. The third kappa shape index (κ3) is 6.42. The number of anilines is 1. The number of carbonyl (C=O) groups is 1. The number of benzene rings is 2. The van der Waals surface area contributed by atoms with Gasteiger partial charge in [-0.2, -0.15) is 10.5 Å². The van der Waals surface area contributed by atoms with Gasteiger partial charge >= 0.3 is 5.97 Å². The second kappa shape index (κ2) is 12.4. The van der Waals surface area contributed by atoms with Crippen molar-refractivity contribution in [1.82, 2.24) is 9.97 Å². The average molecular weight is 562 g/mol. The molecule has 0 amide bonds. The molecule has 4 aromatic rings. The van der Waals surface area contributed by atoms with E-state index in [1.54, 1.807) is 24.3 Å². The van der Waals surface area contributed by atoms with Crippen molar-refractivity contribution in [3.8, 4) is 39.6 Å². The standard InChI is InChI=1S/C27H20ClN5O3S2/c28-18-7-3-17(4-8-18)26-32-19(14-37-26)15-38-27-22(13-30)24(21(12-29)25(31)33-27)16-5-9-20(10-6-16)36-11-1-2-23(34)35/h3-10,14H,1-2,11,15H2,(H2,31,33)(H,34,35). The highest BCUT2D eigenvalue weighted by Crippen LogP contribution is 2.37. The van der Waals surface area contributed by atoms with Crippen LogP contribution in [0.1, 0.15) is 29.7 Å². The first-order chi connectivity index (χ1) is 18.4. The quantitative estimate of drug-likeness (QED) is 0.166. The summed E-state index contributed by atoms with van der Waals surface area (Å²) in [6.07, 6.45) is 0.408. The molecule has 8 nitrogen and oxygen atoms in total. The fraction of sp³-hybridized carbons (Fsp3) is 0.148. The van der Waals surface area contributed by atoms with Crippen LogP contribution in [0.2, 0.25) is 5.02 Å². The Hall–Kier alpha value is -4.09. The summed E-state index contributed by atoms with van der Waals surface area (Å²) in [7, 11) is 0. The number of nitrogen functional groups attached to an aromatic ring is 1. The van der Waals surface area contributed by atoms with Gasteiger partial charge in [-0.1, -0.05) is 47.6 Å². The molecule has 190 valence electrons. The van der Waals surface area contributed by atoms with Crippen LogP contribution in [0.25, 0.3) is 21.7 Å². The first kappa shape index (κ1) is 27.0. The van der Waals surface area contributed by atoms with Crippen molar-refractivity contribution >= 4 is 46.5 Å². The number of aliphatic carboxylic acids is 1. The number of nitrogens with two attached hydrogens (primary N) is 1. The number of nitriles is 2. The number of rotatable bonds is 10. The Balaban J connectivity index is 1.56. The van der Waals surface area contributed by atoms with Crippen LogP contribution >= 0.6 is 34.7 Å². The van der Waals surface area contributed by atoms with Crippen molar-refractivity contribution in [3.63, 3.8) is 0 Å². The van der Waals surface area contributed by atoms with Gasteiger partial charge in [0, 0.05) is 33.7 Å². The largest absolute Gasteiger partial charge is 0.494 e. The number of aromatic nitrogens is 2. The number of halogens is 1. The summed E-state index contributed by atoms with van der Waals surface area (Å²) >= 11 is 8.81. The van der Waals surface area contributed by atoms with Crippen LogP contribution in [-0.2, 0) is 10.5 Å². The van der Waals surface area contributed by atoms with Crippen LogP contribution in [0.4, 0.5) is 5.82 Å². The lowest BCUT2D eigenvalue weighted by molar-refractivity contribution is -0.137. The highest BCUT2D eigenvalue weighted by atomic mass is 35.5. The van der Waals surface area contributed by atoms with E-state index in [-0.39, 0.29) is 30.0 Å². The van der Waals surface area contributed by atoms with Gasteiger partial charge in [0.25, 0.3) is 0 Å². The Morgan fingerprint density at radius 1 is 1.05 bits per heavy atom. The molecule has 4 rings (SSSR count). The minimum atomic E-state index is -0.877. The normalized spacial score (nSPS) is 10.5. The zero-order chi connectivity index (χ0) is 27.1. The summed E-state index contributed by atoms with van der Waals surface area (Å²) in [6.45, 7) is 0.262. The Morgan fingerprint density at radius 3 is 2.39 bits per heavy atom. The first-order valence-corrected chi connectivity index (χ1v) is 13.6. The number of thioether (sulfide) groups is 1. The SMILES string of the molecule is N#Cc1c(N)nc(SCc2csc(-c3ccc(Cl)cc3)n2)c(C#N)c1-c1ccc(OCCCC(=O)O)cc1. The molecule has 11 heteroatoms. The molecule has 2 aromatic carbocycles. The number of pyridine rings is 1. The molecule has 38 heavy (non-hydrogen) atoms. The van der Waals surface area contributed by atoms with Crippen molar-refractivity contribution in [1.29, 1.82) is 10.5 Å². The molecule has 0 aliphatic heterocycles. The Labute approximate surface area is 232 Å². The van der Waals surface area contributed by atoms with Gasteiger partial charge in [0.2, 0.25) is 0 Å². The molecule has 0 radical (unpaired) electrons. The molecule has 0 spiro atoms. The number of carboxylic acids is 1.